The quantitative estimate of drug-likeness (QED) is 0.607. The van der Waals surface area contributed by atoms with Crippen molar-refractivity contribution < 1.29 is 17.2 Å². The van der Waals surface area contributed by atoms with Gasteiger partial charge in [0.25, 0.3) is 9.05 Å². The van der Waals surface area contributed by atoms with Gasteiger partial charge in [0.05, 0.1) is 4.90 Å². The van der Waals surface area contributed by atoms with E-state index in [1.54, 1.807) is 6.07 Å². The van der Waals surface area contributed by atoms with Gasteiger partial charge < -0.3 is 0 Å². The molecule has 96 valence electrons. The van der Waals surface area contributed by atoms with Crippen molar-refractivity contribution in [2.24, 2.45) is 0 Å². The Morgan fingerprint density at radius 1 is 1.41 bits per heavy atom. The summed E-state index contributed by atoms with van der Waals surface area (Å²) in [5, 5.41) is 0. The minimum absolute atomic E-state index is 0.146. The second-order valence-corrected chi connectivity index (χ2v) is 7.36. The molecule has 1 rings (SSSR count). The summed E-state index contributed by atoms with van der Waals surface area (Å²) in [5.74, 6) is -2.89. The zero-order valence-corrected chi connectivity index (χ0v) is 12.0. The summed E-state index contributed by atoms with van der Waals surface area (Å²) in [6.07, 6.45) is -0.504. The SMILES string of the molecule is CC(F)(F)CC(Br)c1ccccc1S(=O)(=O)Cl. The summed E-state index contributed by atoms with van der Waals surface area (Å²) in [7, 11) is 1.31. The van der Waals surface area contributed by atoms with Crippen LogP contribution in [0.25, 0.3) is 0 Å². The topological polar surface area (TPSA) is 34.1 Å². The molecule has 0 heterocycles. The van der Waals surface area contributed by atoms with Gasteiger partial charge in [0.15, 0.2) is 0 Å². The van der Waals surface area contributed by atoms with Crippen LogP contribution in [-0.4, -0.2) is 14.3 Å². The van der Waals surface area contributed by atoms with Crippen molar-refractivity contribution in [1.82, 2.24) is 0 Å². The fraction of sp³-hybridized carbons (Fsp3) is 0.400. The second-order valence-electron chi connectivity index (χ2n) is 3.72. The zero-order chi connectivity index (χ0) is 13.3. The molecule has 0 N–H and O–H groups in total. The maximum Gasteiger partial charge on any atom is 0.261 e. The molecule has 0 saturated carbocycles. The van der Waals surface area contributed by atoms with E-state index >= 15 is 0 Å². The van der Waals surface area contributed by atoms with Crippen LogP contribution in [0.3, 0.4) is 0 Å². The standard InChI is InChI=1S/C10H10BrClF2O2S/c1-10(13,14)6-8(11)7-4-2-3-5-9(7)17(12,15)16/h2-5,8H,6H2,1H3. The van der Waals surface area contributed by atoms with Gasteiger partial charge in [-0.2, -0.15) is 0 Å². The van der Waals surface area contributed by atoms with E-state index in [2.05, 4.69) is 15.9 Å². The third kappa shape index (κ3) is 4.52. The number of benzene rings is 1. The first-order valence-corrected chi connectivity index (χ1v) is 7.89. The Balaban J connectivity index is 3.15. The van der Waals surface area contributed by atoms with Crippen LogP contribution in [0.4, 0.5) is 8.78 Å². The maximum atomic E-state index is 12.9. The first-order chi connectivity index (χ1) is 7.61. The molecule has 0 radical (unpaired) electrons. The van der Waals surface area contributed by atoms with Crippen LogP contribution in [0.1, 0.15) is 23.7 Å². The lowest BCUT2D eigenvalue weighted by Crippen LogP contribution is -2.13. The van der Waals surface area contributed by atoms with Crippen molar-refractivity contribution in [3.63, 3.8) is 0 Å². The largest absolute Gasteiger partial charge is 0.261 e. The van der Waals surface area contributed by atoms with E-state index in [0.717, 1.165) is 6.92 Å². The van der Waals surface area contributed by atoms with Crippen molar-refractivity contribution in [1.29, 1.82) is 0 Å². The average Bonchev–Trinajstić information content (AvgIpc) is 2.13. The average molecular weight is 348 g/mol. The van der Waals surface area contributed by atoms with E-state index in [1.165, 1.54) is 18.2 Å². The second kappa shape index (κ2) is 5.20. The lowest BCUT2D eigenvalue weighted by Gasteiger charge is -2.17. The van der Waals surface area contributed by atoms with Crippen molar-refractivity contribution in [3.05, 3.63) is 29.8 Å². The number of rotatable bonds is 4. The van der Waals surface area contributed by atoms with Crippen LogP contribution in [0.15, 0.2) is 29.2 Å². The Hall–Kier alpha value is -0.200. The molecule has 0 amide bonds. The summed E-state index contributed by atoms with van der Waals surface area (Å²) in [6, 6.07) is 5.81. The van der Waals surface area contributed by atoms with Gasteiger partial charge in [0, 0.05) is 21.9 Å². The maximum absolute atomic E-state index is 12.9. The van der Waals surface area contributed by atoms with E-state index in [-0.39, 0.29) is 10.5 Å². The number of halogens is 4. The minimum atomic E-state index is -3.94. The van der Waals surface area contributed by atoms with Gasteiger partial charge in [-0.3, -0.25) is 0 Å². The summed E-state index contributed by atoms with van der Waals surface area (Å²) in [6.45, 7) is 0.777. The molecule has 0 aliphatic carbocycles. The molecule has 0 aliphatic heterocycles. The highest BCUT2D eigenvalue weighted by atomic mass is 79.9. The molecule has 1 atom stereocenters. The lowest BCUT2D eigenvalue weighted by molar-refractivity contribution is 0.0129. The highest BCUT2D eigenvalue weighted by molar-refractivity contribution is 9.09. The van der Waals surface area contributed by atoms with E-state index in [1.807, 2.05) is 0 Å². The van der Waals surface area contributed by atoms with Crippen LogP contribution in [0.5, 0.6) is 0 Å². The fourth-order valence-electron chi connectivity index (χ4n) is 1.39. The third-order valence-corrected chi connectivity index (χ3v) is 4.27. The third-order valence-electron chi connectivity index (χ3n) is 2.06. The van der Waals surface area contributed by atoms with Gasteiger partial charge in [-0.25, -0.2) is 17.2 Å². The van der Waals surface area contributed by atoms with Gasteiger partial charge in [0.2, 0.25) is 5.92 Å². The molecule has 0 aromatic heterocycles. The van der Waals surface area contributed by atoms with E-state index < -0.39 is 26.2 Å². The van der Waals surface area contributed by atoms with Crippen LogP contribution in [-0.2, 0) is 9.05 Å². The van der Waals surface area contributed by atoms with Crippen molar-refractivity contribution in [2.75, 3.05) is 0 Å². The summed E-state index contributed by atoms with van der Waals surface area (Å²) >= 11 is 3.06. The molecule has 0 bridgehead atoms. The summed E-state index contributed by atoms with van der Waals surface area (Å²) < 4.78 is 48.3. The van der Waals surface area contributed by atoms with Crippen LogP contribution in [0, 0.1) is 0 Å². The molecule has 0 spiro atoms. The lowest BCUT2D eigenvalue weighted by atomic mass is 10.1. The van der Waals surface area contributed by atoms with Crippen LogP contribution < -0.4 is 0 Å². The molecular weight excluding hydrogens is 338 g/mol. The van der Waals surface area contributed by atoms with Crippen molar-refractivity contribution in [3.8, 4) is 0 Å². The van der Waals surface area contributed by atoms with Crippen molar-refractivity contribution in [2.45, 2.75) is 29.0 Å². The minimum Gasteiger partial charge on any atom is -0.207 e. The molecule has 0 aliphatic rings. The molecule has 0 saturated heterocycles. The molecule has 2 nitrogen and oxygen atoms in total. The van der Waals surface area contributed by atoms with Crippen LogP contribution >= 0.6 is 26.6 Å². The Morgan fingerprint density at radius 2 is 1.94 bits per heavy atom. The first-order valence-electron chi connectivity index (χ1n) is 4.67. The molecule has 1 aromatic rings. The molecule has 0 fully saturated rings. The van der Waals surface area contributed by atoms with Gasteiger partial charge in [-0.15, -0.1) is 0 Å². The predicted molar refractivity (Wildman–Crippen MR) is 66.4 cm³/mol. The van der Waals surface area contributed by atoms with Crippen LogP contribution in [0.2, 0.25) is 0 Å². The normalized spacial score (nSPS) is 14.6. The smallest absolute Gasteiger partial charge is 0.207 e. The van der Waals surface area contributed by atoms with Gasteiger partial charge in [-0.1, -0.05) is 34.1 Å². The predicted octanol–water partition coefficient (Wildman–Crippen LogP) is 4.10. The Labute approximate surface area is 112 Å². The number of hydrogen-bond acceptors (Lipinski definition) is 2. The molecule has 1 aromatic carbocycles. The molecule has 1 unspecified atom stereocenters. The highest BCUT2D eigenvalue weighted by Gasteiger charge is 2.29. The van der Waals surface area contributed by atoms with E-state index in [9.17, 15) is 17.2 Å². The van der Waals surface area contributed by atoms with Gasteiger partial charge in [-0.05, 0) is 18.6 Å². The van der Waals surface area contributed by atoms with E-state index in [4.69, 9.17) is 10.7 Å². The van der Waals surface area contributed by atoms with Gasteiger partial charge in [0.1, 0.15) is 0 Å². The Bertz CT molecular complexity index is 499. The van der Waals surface area contributed by atoms with Crippen molar-refractivity contribution >= 4 is 35.7 Å². The van der Waals surface area contributed by atoms with Gasteiger partial charge >= 0.3 is 0 Å². The number of alkyl halides is 3. The molecular formula is C10H10BrClF2O2S. The highest BCUT2D eigenvalue weighted by Crippen LogP contribution is 2.37. The Kier molecular flexibility index (Phi) is 4.54. The fourth-order valence-corrected chi connectivity index (χ4v) is 3.66. The zero-order valence-electron chi connectivity index (χ0n) is 8.83. The monoisotopic (exact) mass is 346 g/mol. The summed E-state index contributed by atoms with van der Waals surface area (Å²) in [4.78, 5) is -0.917. The molecule has 17 heavy (non-hydrogen) atoms. The van der Waals surface area contributed by atoms with E-state index in [0.29, 0.717) is 0 Å². The first kappa shape index (κ1) is 14.9. The number of hydrogen-bond donors (Lipinski definition) is 0. The molecule has 7 heteroatoms. The summed E-state index contributed by atoms with van der Waals surface area (Å²) in [5.41, 5.74) is 0.240. The Morgan fingerprint density at radius 3 is 2.41 bits per heavy atom.